The monoisotopic (exact) mass is 330 g/mol. The standard InChI is InChI=1S/C18H26N4O2/c1-14(21-11-4-2-3-5-12-21)17(23)20-15-6-8-16(9-7-15)22-13-10-19-18(22)24/h6-9,14H,2-5,10-13H2,1H3,(H,19,24)(H,20,23)/t14-/m0/s1. The van der Waals surface area contributed by atoms with Crippen LogP contribution in [0.15, 0.2) is 24.3 Å². The maximum Gasteiger partial charge on any atom is 0.321 e. The number of benzene rings is 1. The first-order chi connectivity index (χ1) is 11.6. The second kappa shape index (κ2) is 7.66. The predicted molar refractivity (Wildman–Crippen MR) is 95.3 cm³/mol. The summed E-state index contributed by atoms with van der Waals surface area (Å²) in [6.07, 6.45) is 4.86. The number of hydrogen-bond donors (Lipinski definition) is 2. The van der Waals surface area contributed by atoms with E-state index in [1.54, 1.807) is 4.90 Å². The number of hydrogen-bond acceptors (Lipinski definition) is 3. The second-order valence-corrected chi connectivity index (χ2v) is 6.55. The molecule has 2 saturated heterocycles. The molecule has 0 radical (unpaired) electrons. The molecule has 24 heavy (non-hydrogen) atoms. The molecule has 0 aromatic heterocycles. The molecule has 3 amide bonds. The van der Waals surface area contributed by atoms with Gasteiger partial charge in [-0.2, -0.15) is 0 Å². The Hall–Kier alpha value is -2.08. The Morgan fingerprint density at radius 1 is 1.08 bits per heavy atom. The van der Waals surface area contributed by atoms with Crippen LogP contribution in [0.2, 0.25) is 0 Å². The lowest BCUT2D eigenvalue weighted by molar-refractivity contribution is -0.120. The van der Waals surface area contributed by atoms with Crippen LogP contribution in [-0.2, 0) is 4.79 Å². The Kier molecular flexibility index (Phi) is 5.35. The van der Waals surface area contributed by atoms with Gasteiger partial charge in [0.05, 0.1) is 6.04 Å². The van der Waals surface area contributed by atoms with Gasteiger partial charge in [-0.25, -0.2) is 4.79 Å². The van der Waals surface area contributed by atoms with E-state index in [1.807, 2.05) is 31.2 Å². The summed E-state index contributed by atoms with van der Waals surface area (Å²) >= 11 is 0. The average molecular weight is 330 g/mol. The zero-order valence-electron chi connectivity index (χ0n) is 14.3. The van der Waals surface area contributed by atoms with E-state index in [1.165, 1.54) is 25.7 Å². The number of carbonyl (C=O) groups excluding carboxylic acids is 2. The summed E-state index contributed by atoms with van der Waals surface area (Å²) in [5.41, 5.74) is 1.62. The van der Waals surface area contributed by atoms with Gasteiger partial charge in [0.2, 0.25) is 5.91 Å². The van der Waals surface area contributed by atoms with Crippen molar-refractivity contribution in [3.05, 3.63) is 24.3 Å². The van der Waals surface area contributed by atoms with Crippen LogP contribution in [0.4, 0.5) is 16.2 Å². The lowest BCUT2D eigenvalue weighted by atomic mass is 10.2. The Balaban J connectivity index is 1.58. The number of amides is 3. The van der Waals surface area contributed by atoms with Gasteiger partial charge in [-0.1, -0.05) is 12.8 Å². The third kappa shape index (κ3) is 3.87. The van der Waals surface area contributed by atoms with Crippen molar-refractivity contribution in [2.45, 2.75) is 38.6 Å². The van der Waals surface area contributed by atoms with E-state index in [2.05, 4.69) is 15.5 Å². The summed E-state index contributed by atoms with van der Waals surface area (Å²) in [7, 11) is 0. The summed E-state index contributed by atoms with van der Waals surface area (Å²) in [5, 5.41) is 5.77. The van der Waals surface area contributed by atoms with Gasteiger partial charge in [0, 0.05) is 24.5 Å². The summed E-state index contributed by atoms with van der Waals surface area (Å²) in [5.74, 6) is 0.0311. The molecule has 1 aromatic rings. The molecule has 0 spiro atoms. The summed E-state index contributed by atoms with van der Waals surface area (Å²) < 4.78 is 0. The van der Waals surface area contributed by atoms with Crippen LogP contribution in [0.5, 0.6) is 0 Å². The van der Waals surface area contributed by atoms with E-state index in [4.69, 9.17) is 0 Å². The molecule has 0 unspecified atom stereocenters. The van der Waals surface area contributed by atoms with Gasteiger partial charge >= 0.3 is 6.03 Å². The Bertz CT molecular complexity index is 579. The van der Waals surface area contributed by atoms with E-state index in [0.29, 0.717) is 13.1 Å². The van der Waals surface area contributed by atoms with E-state index in [-0.39, 0.29) is 18.0 Å². The molecule has 2 heterocycles. The highest BCUT2D eigenvalue weighted by Crippen LogP contribution is 2.20. The van der Waals surface area contributed by atoms with Gasteiger partial charge in [-0.15, -0.1) is 0 Å². The first-order valence-corrected chi connectivity index (χ1v) is 8.85. The average Bonchev–Trinajstić information content (AvgIpc) is 2.85. The molecule has 2 fully saturated rings. The smallest absolute Gasteiger partial charge is 0.321 e. The van der Waals surface area contributed by atoms with Gasteiger partial charge in [0.25, 0.3) is 0 Å². The Morgan fingerprint density at radius 3 is 2.33 bits per heavy atom. The minimum Gasteiger partial charge on any atom is -0.336 e. The first-order valence-electron chi connectivity index (χ1n) is 8.85. The van der Waals surface area contributed by atoms with Crippen LogP contribution in [0.3, 0.4) is 0 Å². The van der Waals surface area contributed by atoms with Gasteiger partial charge in [-0.05, 0) is 57.1 Å². The number of nitrogens with zero attached hydrogens (tertiary/aromatic N) is 2. The largest absolute Gasteiger partial charge is 0.336 e. The van der Waals surface area contributed by atoms with Crippen LogP contribution in [0.1, 0.15) is 32.6 Å². The molecule has 2 aliphatic rings. The third-order valence-corrected chi connectivity index (χ3v) is 4.87. The molecule has 130 valence electrons. The summed E-state index contributed by atoms with van der Waals surface area (Å²) in [6.45, 7) is 5.32. The quantitative estimate of drug-likeness (QED) is 0.891. The molecule has 0 aliphatic carbocycles. The molecular formula is C18H26N4O2. The van der Waals surface area contributed by atoms with Gasteiger partial charge in [0.1, 0.15) is 0 Å². The fourth-order valence-corrected chi connectivity index (χ4v) is 3.34. The normalized spacial score (nSPS) is 20.4. The molecular weight excluding hydrogens is 304 g/mol. The fraction of sp³-hybridized carbons (Fsp3) is 0.556. The lowest BCUT2D eigenvalue weighted by Gasteiger charge is -2.26. The number of likely N-dealkylation sites (tertiary alicyclic amines) is 1. The minimum atomic E-state index is -0.118. The zero-order chi connectivity index (χ0) is 16.9. The topological polar surface area (TPSA) is 64.7 Å². The van der Waals surface area contributed by atoms with Crippen LogP contribution in [0.25, 0.3) is 0 Å². The number of urea groups is 1. The number of anilines is 2. The molecule has 3 rings (SSSR count). The Labute approximate surface area is 143 Å². The van der Waals surface area contributed by atoms with Crippen LogP contribution < -0.4 is 15.5 Å². The molecule has 1 aromatic carbocycles. The Morgan fingerprint density at radius 2 is 1.75 bits per heavy atom. The van der Waals surface area contributed by atoms with E-state index in [9.17, 15) is 9.59 Å². The maximum atomic E-state index is 12.5. The molecule has 0 saturated carbocycles. The van der Waals surface area contributed by atoms with Crippen molar-refractivity contribution in [2.24, 2.45) is 0 Å². The van der Waals surface area contributed by atoms with Crippen molar-refractivity contribution >= 4 is 23.3 Å². The highest BCUT2D eigenvalue weighted by Gasteiger charge is 2.23. The van der Waals surface area contributed by atoms with E-state index in [0.717, 1.165) is 24.5 Å². The number of rotatable bonds is 4. The number of nitrogens with one attached hydrogen (secondary N) is 2. The van der Waals surface area contributed by atoms with Crippen molar-refractivity contribution in [3.8, 4) is 0 Å². The second-order valence-electron chi connectivity index (χ2n) is 6.55. The molecule has 6 heteroatoms. The maximum absolute atomic E-state index is 12.5. The molecule has 1 atom stereocenters. The van der Waals surface area contributed by atoms with Gasteiger partial charge < -0.3 is 10.6 Å². The highest BCUT2D eigenvalue weighted by atomic mass is 16.2. The van der Waals surface area contributed by atoms with Crippen LogP contribution in [0, 0.1) is 0 Å². The zero-order valence-corrected chi connectivity index (χ0v) is 14.3. The van der Waals surface area contributed by atoms with Crippen molar-refractivity contribution in [3.63, 3.8) is 0 Å². The molecule has 6 nitrogen and oxygen atoms in total. The third-order valence-electron chi connectivity index (χ3n) is 4.87. The number of carbonyl (C=O) groups is 2. The van der Waals surface area contributed by atoms with Crippen molar-refractivity contribution in [1.29, 1.82) is 0 Å². The van der Waals surface area contributed by atoms with E-state index >= 15 is 0 Å². The van der Waals surface area contributed by atoms with Gasteiger partial charge in [-0.3, -0.25) is 14.6 Å². The van der Waals surface area contributed by atoms with Crippen molar-refractivity contribution in [1.82, 2.24) is 10.2 Å². The fourth-order valence-electron chi connectivity index (χ4n) is 3.34. The SMILES string of the molecule is C[C@@H](C(=O)Nc1ccc(N2CCNC2=O)cc1)N1CCCCCC1. The van der Waals surface area contributed by atoms with Gasteiger partial charge in [0.15, 0.2) is 0 Å². The van der Waals surface area contributed by atoms with E-state index < -0.39 is 0 Å². The highest BCUT2D eigenvalue weighted by molar-refractivity contribution is 5.96. The van der Waals surface area contributed by atoms with Crippen molar-refractivity contribution in [2.75, 3.05) is 36.4 Å². The van der Waals surface area contributed by atoms with Crippen molar-refractivity contribution < 1.29 is 9.59 Å². The molecule has 2 N–H and O–H groups in total. The predicted octanol–water partition coefficient (Wildman–Crippen LogP) is 2.42. The first kappa shape index (κ1) is 16.8. The molecule has 0 bridgehead atoms. The molecule has 2 aliphatic heterocycles. The summed E-state index contributed by atoms with van der Waals surface area (Å²) in [4.78, 5) is 28.1. The summed E-state index contributed by atoms with van der Waals surface area (Å²) in [6, 6.07) is 7.27. The minimum absolute atomic E-state index is 0.0311. The van der Waals surface area contributed by atoms with Crippen LogP contribution >= 0.6 is 0 Å². The lowest BCUT2D eigenvalue weighted by Crippen LogP contribution is -2.42. The van der Waals surface area contributed by atoms with Crippen LogP contribution in [-0.4, -0.2) is 49.1 Å².